The summed E-state index contributed by atoms with van der Waals surface area (Å²) in [5.74, 6) is 1.54. The molecule has 28 heavy (non-hydrogen) atoms. The number of benzene rings is 1. The third-order valence-corrected chi connectivity index (χ3v) is 7.79. The topological polar surface area (TPSA) is 55.8 Å². The van der Waals surface area contributed by atoms with Gasteiger partial charge in [-0.3, -0.25) is 0 Å². The van der Waals surface area contributed by atoms with Crippen LogP contribution in [0.1, 0.15) is 80.8 Å². The number of aryl methyl sites for hydroxylation is 1. The summed E-state index contributed by atoms with van der Waals surface area (Å²) in [6.07, 6.45) is 6.65. The van der Waals surface area contributed by atoms with E-state index in [0.29, 0.717) is 17.4 Å². The quantitative estimate of drug-likeness (QED) is 0.549. The fourth-order valence-electron chi connectivity index (χ4n) is 6.48. The molecule has 1 N–H and O–H groups in total. The van der Waals surface area contributed by atoms with Crippen LogP contribution in [0.25, 0.3) is 0 Å². The Labute approximate surface area is 167 Å². The molecule has 0 radical (unpaired) electrons. The molecule has 1 heterocycles. The molecule has 1 aliphatic heterocycles. The number of aromatic hydroxyl groups is 1. The zero-order valence-electron chi connectivity index (χ0n) is 17.9. The van der Waals surface area contributed by atoms with Crippen molar-refractivity contribution in [1.82, 2.24) is 0 Å². The largest absolute Gasteiger partial charge is 0.507 e. The Morgan fingerprint density at radius 2 is 2.11 bits per heavy atom. The predicted molar refractivity (Wildman–Crippen MR) is 109 cm³/mol. The minimum atomic E-state index is -0.486. The van der Waals surface area contributed by atoms with E-state index in [1.807, 2.05) is 13.0 Å². The first kappa shape index (κ1) is 19.4. The zero-order valence-corrected chi connectivity index (χ0v) is 17.9. The summed E-state index contributed by atoms with van der Waals surface area (Å²) in [5, 5.41) is 11.2. The fourth-order valence-corrected chi connectivity index (χ4v) is 6.48. The molecule has 1 aromatic rings. The van der Waals surface area contributed by atoms with E-state index in [0.717, 1.165) is 30.6 Å². The molecule has 2 aliphatic carbocycles. The van der Waals surface area contributed by atoms with Crippen molar-refractivity contribution in [2.24, 2.45) is 17.3 Å². The monoisotopic (exact) mass is 384 g/mol. The SMILES string of the molecule is COC(=O)c1c(C)cc2c(c1O)[C@@H]1[C@H]3[C@H](CC[C@@]3(C)O2)[C@@]1(C)CCC=C(C)C. The molecule has 5 atom stereocenters. The molecule has 152 valence electrons. The smallest absolute Gasteiger partial charge is 0.341 e. The van der Waals surface area contributed by atoms with Gasteiger partial charge in [0.1, 0.15) is 22.7 Å². The minimum Gasteiger partial charge on any atom is -0.507 e. The van der Waals surface area contributed by atoms with Gasteiger partial charge >= 0.3 is 5.97 Å². The molecular formula is C24H32O4. The van der Waals surface area contributed by atoms with Gasteiger partial charge in [0.05, 0.1) is 7.11 Å². The molecule has 1 aromatic carbocycles. The average Bonchev–Trinajstić information content (AvgIpc) is 2.94. The van der Waals surface area contributed by atoms with Gasteiger partial charge in [0.15, 0.2) is 0 Å². The molecular weight excluding hydrogens is 352 g/mol. The number of phenols is 1. The first-order valence-corrected chi connectivity index (χ1v) is 10.4. The van der Waals surface area contributed by atoms with Gasteiger partial charge in [0.25, 0.3) is 0 Å². The van der Waals surface area contributed by atoms with E-state index in [4.69, 9.17) is 9.47 Å². The van der Waals surface area contributed by atoms with E-state index < -0.39 is 5.97 Å². The van der Waals surface area contributed by atoms with Crippen molar-refractivity contribution in [2.75, 3.05) is 7.11 Å². The van der Waals surface area contributed by atoms with Crippen LogP contribution >= 0.6 is 0 Å². The molecule has 4 heteroatoms. The summed E-state index contributed by atoms with van der Waals surface area (Å²) in [5.41, 5.74) is 3.07. The first-order valence-electron chi connectivity index (χ1n) is 10.4. The Kier molecular flexibility index (Phi) is 4.33. The number of hydrogen-bond donors (Lipinski definition) is 1. The van der Waals surface area contributed by atoms with E-state index >= 15 is 0 Å². The van der Waals surface area contributed by atoms with Gasteiger partial charge in [0, 0.05) is 17.4 Å². The molecule has 0 unspecified atom stereocenters. The van der Waals surface area contributed by atoms with Gasteiger partial charge in [-0.15, -0.1) is 0 Å². The lowest BCUT2D eigenvalue weighted by Crippen LogP contribution is -2.60. The number of methoxy groups -OCH3 is 1. The summed E-state index contributed by atoms with van der Waals surface area (Å²) in [7, 11) is 1.36. The van der Waals surface area contributed by atoms with E-state index in [9.17, 15) is 9.90 Å². The van der Waals surface area contributed by atoms with Crippen LogP contribution in [-0.4, -0.2) is 23.8 Å². The summed E-state index contributed by atoms with van der Waals surface area (Å²) in [4.78, 5) is 12.3. The van der Waals surface area contributed by atoms with Crippen molar-refractivity contribution < 1.29 is 19.4 Å². The Balaban J connectivity index is 1.83. The Bertz CT molecular complexity index is 866. The van der Waals surface area contributed by atoms with Crippen LogP contribution in [0, 0.1) is 24.2 Å². The number of hydrogen-bond acceptors (Lipinski definition) is 4. The molecule has 0 bridgehead atoms. The van der Waals surface area contributed by atoms with Crippen LogP contribution in [0.4, 0.5) is 0 Å². The van der Waals surface area contributed by atoms with Crippen LogP contribution in [-0.2, 0) is 4.74 Å². The minimum absolute atomic E-state index is 0.0627. The van der Waals surface area contributed by atoms with Crippen molar-refractivity contribution in [3.63, 3.8) is 0 Å². The maximum absolute atomic E-state index is 12.3. The highest BCUT2D eigenvalue weighted by Crippen LogP contribution is 2.75. The Hall–Kier alpha value is -1.97. The second kappa shape index (κ2) is 6.27. The fraction of sp³-hybridized carbons (Fsp3) is 0.625. The van der Waals surface area contributed by atoms with Crippen LogP contribution in [0.15, 0.2) is 17.7 Å². The number of phenolic OH excluding ortho intramolecular Hbond substituents is 1. The predicted octanol–water partition coefficient (Wildman–Crippen LogP) is 5.51. The van der Waals surface area contributed by atoms with Gasteiger partial charge in [-0.25, -0.2) is 4.79 Å². The second-order valence-corrected chi connectivity index (χ2v) is 9.71. The van der Waals surface area contributed by atoms with Gasteiger partial charge in [0.2, 0.25) is 0 Å². The van der Waals surface area contributed by atoms with Gasteiger partial charge < -0.3 is 14.6 Å². The highest BCUT2D eigenvalue weighted by atomic mass is 16.5. The van der Waals surface area contributed by atoms with Crippen molar-refractivity contribution in [1.29, 1.82) is 0 Å². The van der Waals surface area contributed by atoms with Crippen LogP contribution in [0.5, 0.6) is 11.5 Å². The maximum atomic E-state index is 12.3. The number of esters is 1. The summed E-state index contributed by atoms with van der Waals surface area (Å²) >= 11 is 0. The molecule has 0 aromatic heterocycles. The molecule has 2 fully saturated rings. The number of allylic oxidation sites excluding steroid dienone is 2. The highest BCUT2D eigenvalue weighted by Gasteiger charge is 2.70. The number of carbonyl (C=O) groups is 1. The number of fused-ring (bicyclic) bond motifs is 2. The summed E-state index contributed by atoms with van der Waals surface area (Å²) < 4.78 is 11.4. The summed E-state index contributed by atoms with van der Waals surface area (Å²) in [6.45, 7) is 10.7. The van der Waals surface area contributed by atoms with E-state index in [1.54, 1.807) is 0 Å². The van der Waals surface area contributed by atoms with Crippen LogP contribution < -0.4 is 4.74 Å². The lowest BCUT2D eigenvalue weighted by molar-refractivity contribution is -0.133. The molecule has 2 saturated carbocycles. The number of carbonyl (C=O) groups excluding carboxylic acids is 1. The van der Waals surface area contributed by atoms with Crippen molar-refractivity contribution in [2.45, 2.75) is 71.8 Å². The first-order chi connectivity index (χ1) is 13.1. The van der Waals surface area contributed by atoms with Crippen molar-refractivity contribution >= 4 is 5.97 Å². The van der Waals surface area contributed by atoms with Gasteiger partial charge in [-0.05, 0) is 76.3 Å². The van der Waals surface area contributed by atoms with Crippen LogP contribution in [0.2, 0.25) is 0 Å². The van der Waals surface area contributed by atoms with E-state index in [2.05, 4.69) is 33.8 Å². The standard InChI is InChI=1S/C24H32O4/c1-13(2)8-7-10-23(4)15-9-11-24(5)19(15)20(23)18-16(28-24)12-14(3)17(21(18)25)22(26)27-6/h8,12,15,19-20,25H,7,9-11H2,1-6H3/t15-,19+,20+,23+,24+/m0/s1. The normalized spacial score (nSPS) is 34.6. The van der Waals surface area contributed by atoms with Gasteiger partial charge in [-0.1, -0.05) is 18.6 Å². The molecule has 4 nitrogen and oxygen atoms in total. The van der Waals surface area contributed by atoms with Crippen molar-refractivity contribution in [3.05, 3.63) is 34.4 Å². The highest BCUT2D eigenvalue weighted by molar-refractivity contribution is 5.95. The number of ether oxygens (including phenoxy) is 2. The van der Waals surface area contributed by atoms with Crippen molar-refractivity contribution in [3.8, 4) is 11.5 Å². The number of rotatable bonds is 4. The summed E-state index contributed by atoms with van der Waals surface area (Å²) in [6, 6.07) is 1.92. The Morgan fingerprint density at radius 1 is 1.39 bits per heavy atom. The third kappa shape index (κ3) is 2.46. The van der Waals surface area contributed by atoms with E-state index in [1.165, 1.54) is 19.1 Å². The maximum Gasteiger partial charge on any atom is 0.341 e. The molecule has 0 spiro atoms. The van der Waals surface area contributed by atoms with E-state index in [-0.39, 0.29) is 28.2 Å². The lowest BCUT2D eigenvalue weighted by atomic mass is 9.43. The zero-order chi connectivity index (χ0) is 20.4. The van der Waals surface area contributed by atoms with Gasteiger partial charge in [-0.2, -0.15) is 0 Å². The van der Waals surface area contributed by atoms with Crippen LogP contribution in [0.3, 0.4) is 0 Å². The molecule has 0 saturated heterocycles. The molecule has 4 rings (SSSR count). The Morgan fingerprint density at radius 3 is 2.75 bits per heavy atom. The molecule has 0 amide bonds. The third-order valence-electron chi connectivity index (χ3n) is 7.79. The second-order valence-electron chi connectivity index (χ2n) is 9.71. The lowest BCUT2D eigenvalue weighted by Gasteiger charge is -2.63. The molecule has 3 aliphatic rings. The average molecular weight is 385 g/mol.